The van der Waals surface area contributed by atoms with Crippen molar-refractivity contribution in [3.63, 3.8) is 0 Å². The third-order valence-electron chi connectivity index (χ3n) is 0.182. The van der Waals surface area contributed by atoms with E-state index in [2.05, 4.69) is 5.73 Å². The molecular formula is CH3IN2O2. The van der Waals surface area contributed by atoms with Crippen LogP contribution in [0.2, 0.25) is 0 Å². The number of nitrogens with two attached hydrogens (primary N) is 1. The van der Waals surface area contributed by atoms with Crippen LogP contribution in [0.4, 0.5) is 4.79 Å². The summed E-state index contributed by atoms with van der Waals surface area (Å²) < 4.78 is 0.276. The normalized spacial score (nSPS) is 7.67. The molecule has 4 nitrogen and oxygen atoms in total. The minimum Gasteiger partial charge on any atom is -0.349 e. The molecule has 0 aliphatic rings. The van der Waals surface area contributed by atoms with Gasteiger partial charge in [-0.2, -0.15) is 0 Å². The smallest absolute Gasteiger partial charge is 0.347 e. The highest BCUT2D eigenvalue weighted by Crippen LogP contribution is 1.87. The van der Waals surface area contributed by atoms with Crippen LogP contribution in [0, 0.1) is 0 Å². The Morgan fingerprint density at radius 3 is 2.17 bits per heavy atom. The minimum atomic E-state index is -0.865. The Hall–Kier alpha value is -0.0400. The summed E-state index contributed by atoms with van der Waals surface area (Å²) in [5, 5.41) is 7.98. The number of amides is 2. The van der Waals surface area contributed by atoms with Crippen LogP contribution in [-0.4, -0.2) is 14.5 Å². The van der Waals surface area contributed by atoms with Crippen molar-refractivity contribution in [2.75, 3.05) is 0 Å². The summed E-state index contributed by atoms with van der Waals surface area (Å²) in [5.41, 5.74) is 4.46. The fourth-order valence-corrected chi connectivity index (χ4v) is 0. The Morgan fingerprint density at radius 2 is 2.17 bits per heavy atom. The van der Waals surface area contributed by atoms with E-state index in [1.807, 2.05) is 0 Å². The van der Waals surface area contributed by atoms with E-state index in [9.17, 15) is 4.79 Å². The maximum Gasteiger partial charge on any atom is 0.347 e. The first kappa shape index (κ1) is 5.96. The first-order valence-corrected chi connectivity index (χ1v) is 2.05. The predicted octanol–water partition coefficient (Wildman–Crippen LogP) is 0.106. The van der Waals surface area contributed by atoms with E-state index in [-0.39, 0.29) is 3.28 Å². The fraction of sp³-hybridized carbons (Fsp3) is 0. The standard InChI is InChI=1S/CH3IN2O2/c2-4(6)1(3)5/h6H,(H2,3,5). The number of nitrogens with zero attached hydrogens (tertiary/aromatic N) is 1. The zero-order valence-electron chi connectivity index (χ0n) is 2.76. The molecular weight excluding hydrogens is 199 g/mol. The quantitative estimate of drug-likeness (QED) is 0.253. The number of hydroxylamine groups is 1. The average molecular weight is 202 g/mol. The third kappa shape index (κ3) is 2.21. The molecule has 0 aliphatic heterocycles. The van der Waals surface area contributed by atoms with E-state index < -0.39 is 6.03 Å². The first-order chi connectivity index (χ1) is 2.64. The van der Waals surface area contributed by atoms with Gasteiger partial charge in [-0.25, -0.2) is 4.79 Å². The minimum absolute atomic E-state index is 0.276. The molecule has 6 heavy (non-hydrogen) atoms. The van der Waals surface area contributed by atoms with E-state index in [0.717, 1.165) is 0 Å². The lowest BCUT2D eigenvalue weighted by Crippen LogP contribution is -2.23. The molecule has 36 valence electrons. The van der Waals surface area contributed by atoms with E-state index in [0.29, 0.717) is 0 Å². The lowest BCUT2D eigenvalue weighted by molar-refractivity contribution is 0.0780. The van der Waals surface area contributed by atoms with E-state index in [4.69, 9.17) is 5.21 Å². The number of carbonyl (C=O) groups excluding carboxylic acids is 1. The molecule has 0 saturated carbocycles. The Balaban J connectivity index is 3.26. The number of rotatable bonds is 0. The van der Waals surface area contributed by atoms with E-state index >= 15 is 0 Å². The summed E-state index contributed by atoms with van der Waals surface area (Å²) >= 11 is 1.35. The van der Waals surface area contributed by atoms with Gasteiger partial charge in [0.15, 0.2) is 0 Å². The average Bonchev–Trinajstić information content (AvgIpc) is 1.36. The SMILES string of the molecule is NC(=O)N(O)I. The zero-order chi connectivity index (χ0) is 5.15. The van der Waals surface area contributed by atoms with Gasteiger partial charge in [-0.15, -0.1) is 3.28 Å². The Bertz CT molecular complexity index is 62.6. The van der Waals surface area contributed by atoms with Gasteiger partial charge in [0.05, 0.1) is 22.9 Å². The molecule has 0 aliphatic carbocycles. The van der Waals surface area contributed by atoms with Crippen LogP contribution in [0.3, 0.4) is 0 Å². The number of hydrogen-bond acceptors (Lipinski definition) is 2. The second-order valence-electron chi connectivity index (χ2n) is 0.598. The Labute approximate surface area is 48.4 Å². The van der Waals surface area contributed by atoms with Crippen molar-refractivity contribution in [2.45, 2.75) is 0 Å². The first-order valence-electron chi connectivity index (χ1n) is 1.09. The summed E-state index contributed by atoms with van der Waals surface area (Å²) in [6, 6.07) is -0.865. The number of primary amides is 1. The molecule has 3 N–H and O–H groups in total. The molecule has 0 heterocycles. The van der Waals surface area contributed by atoms with E-state index in [1.165, 1.54) is 22.9 Å². The molecule has 0 saturated heterocycles. The lowest BCUT2D eigenvalue weighted by Gasteiger charge is -1.95. The number of halogens is 1. The van der Waals surface area contributed by atoms with Crippen LogP contribution in [0.15, 0.2) is 0 Å². The number of carbonyl (C=O) groups is 1. The largest absolute Gasteiger partial charge is 0.349 e. The van der Waals surface area contributed by atoms with Gasteiger partial charge in [-0.05, 0) is 0 Å². The van der Waals surface area contributed by atoms with Gasteiger partial charge >= 0.3 is 6.03 Å². The van der Waals surface area contributed by atoms with Crippen molar-refractivity contribution in [1.29, 1.82) is 0 Å². The van der Waals surface area contributed by atoms with Gasteiger partial charge in [0.25, 0.3) is 0 Å². The van der Waals surface area contributed by atoms with Gasteiger partial charge in [0, 0.05) is 0 Å². The maximum atomic E-state index is 9.59. The summed E-state index contributed by atoms with van der Waals surface area (Å²) in [5.74, 6) is 0. The third-order valence-corrected chi connectivity index (χ3v) is 0.657. The molecule has 0 rings (SSSR count). The molecule has 0 bridgehead atoms. The van der Waals surface area contributed by atoms with Crippen LogP contribution >= 0.6 is 22.9 Å². The van der Waals surface area contributed by atoms with Crippen LogP contribution in [-0.2, 0) is 0 Å². The summed E-state index contributed by atoms with van der Waals surface area (Å²) in [6.45, 7) is 0. The van der Waals surface area contributed by atoms with Crippen molar-refractivity contribution in [3.05, 3.63) is 0 Å². The highest BCUT2D eigenvalue weighted by Gasteiger charge is 1.94. The van der Waals surface area contributed by atoms with Crippen molar-refractivity contribution in [2.24, 2.45) is 5.73 Å². The van der Waals surface area contributed by atoms with Crippen LogP contribution < -0.4 is 5.73 Å². The summed E-state index contributed by atoms with van der Waals surface area (Å²) in [4.78, 5) is 9.59. The summed E-state index contributed by atoms with van der Waals surface area (Å²) in [7, 11) is 0. The van der Waals surface area contributed by atoms with Gasteiger partial charge in [-0.1, -0.05) is 0 Å². The molecule has 0 fully saturated rings. The highest BCUT2D eigenvalue weighted by molar-refractivity contribution is 14.1. The second-order valence-corrected chi connectivity index (χ2v) is 1.51. The second kappa shape index (κ2) is 2.19. The highest BCUT2D eigenvalue weighted by atomic mass is 127. The fourth-order valence-electron chi connectivity index (χ4n) is 0. The monoisotopic (exact) mass is 202 g/mol. The van der Waals surface area contributed by atoms with Gasteiger partial charge in [0.1, 0.15) is 0 Å². The van der Waals surface area contributed by atoms with Crippen molar-refractivity contribution in [1.82, 2.24) is 3.28 Å². The molecule has 0 radical (unpaired) electrons. The molecule has 2 amide bonds. The Kier molecular flexibility index (Phi) is 2.18. The lowest BCUT2D eigenvalue weighted by atomic mass is 11.2. The van der Waals surface area contributed by atoms with Crippen molar-refractivity contribution >= 4 is 28.9 Å². The van der Waals surface area contributed by atoms with Crippen molar-refractivity contribution < 1.29 is 10.0 Å². The molecule has 5 heteroatoms. The van der Waals surface area contributed by atoms with Gasteiger partial charge in [-0.3, -0.25) is 5.21 Å². The van der Waals surface area contributed by atoms with Crippen LogP contribution in [0.25, 0.3) is 0 Å². The van der Waals surface area contributed by atoms with Gasteiger partial charge in [0.2, 0.25) is 0 Å². The van der Waals surface area contributed by atoms with Crippen LogP contribution in [0.5, 0.6) is 0 Å². The molecule has 0 unspecified atom stereocenters. The molecule has 0 atom stereocenters. The molecule has 0 aromatic carbocycles. The maximum absolute atomic E-state index is 9.59. The zero-order valence-corrected chi connectivity index (χ0v) is 4.92. The molecule has 0 aromatic rings. The number of hydrogen-bond donors (Lipinski definition) is 2. The van der Waals surface area contributed by atoms with Gasteiger partial charge < -0.3 is 5.73 Å². The van der Waals surface area contributed by atoms with Crippen LogP contribution in [0.1, 0.15) is 0 Å². The molecule has 0 aromatic heterocycles. The summed E-state index contributed by atoms with van der Waals surface area (Å²) in [6.07, 6.45) is 0. The van der Waals surface area contributed by atoms with Crippen molar-refractivity contribution in [3.8, 4) is 0 Å². The number of urea groups is 1. The van der Waals surface area contributed by atoms with E-state index in [1.54, 1.807) is 0 Å². The molecule has 0 spiro atoms. The topological polar surface area (TPSA) is 66.6 Å². The Morgan fingerprint density at radius 1 is 2.00 bits per heavy atom. The predicted molar refractivity (Wildman–Crippen MR) is 27.2 cm³/mol.